The van der Waals surface area contributed by atoms with E-state index in [1.54, 1.807) is 81.2 Å². The van der Waals surface area contributed by atoms with E-state index < -0.39 is 68.7 Å². The van der Waals surface area contributed by atoms with Crippen LogP contribution in [0.15, 0.2) is 75.9 Å². The Kier molecular flexibility index (Phi) is 97.3. The molecule has 0 aromatic rings. The summed E-state index contributed by atoms with van der Waals surface area (Å²) in [4.78, 5) is 0. The number of methoxy groups -OCH3 is 4. The molecule has 3 atom stereocenters. The van der Waals surface area contributed by atoms with E-state index in [0.29, 0.717) is 66.1 Å². The third-order valence-electron chi connectivity index (χ3n) is 12.3. The van der Waals surface area contributed by atoms with E-state index in [0.717, 1.165) is 75.9 Å². The molecule has 0 rings (SSSR count). The smallest absolute Gasteiger partial charge is 0.325 e. The molecule has 0 fully saturated rings. The zero-order chi connectivity index (χ0) is 71.5. The highest BCUT2D eigenvalue weighted by atomic mass is 28.5. The minimum atomic E-state index is -2.38. The van der Waals surface area contributed by atoms with E-state index in [1.165, 1.54) is 37.8 Å². The molecule has 0 bridgehead atoms. The van der Waals surface area contributed by atoms with Gasteiger partial charge in [-0.2, -0.15) is 0 Å². The molecule has 0 aliphatic heterocycles. The van der Waals surface area contributed by atoms with E-state index in [9.17, 15) is 0 Å². The summed E-state index contributed by atoms with van der Waals surface area (Å²) in [5, 5.41) is 0. The largest absolute Gasteiger partial charge is 0.436 e. The quantitative estimate of drug-likeness (QED) is 0.0323. The molecule has 0 spiro atoms. The Morgan fingerprint density at radius 1 is 0.322 bits per heavy atom. The van der Waals surface area contributed by atoms with Gasteiger partial charge in [0.25, 0.3) is 0 Å². The SMILES string of the molecule is C=CC.C=CC.C=CCCC=C.C=CCOCCOC.C=CCOCCOC.CCC[Si](C)(OC)O[Si](C)(C)CCCOCCOC.CCC[Si](C)(OC)O[Si](C)(CCCOCCOC)O[Si](C)(C)CCCCCC[Si](C)(C)OC.CO[SiH](C)C.CO[SiH](C)C. The lowest BCUT2D eigenvalue weighted by Gasteiger charge is -2.41. The highest BCUT2D eigenvalue weighted by Crippen LogP contribution is 2.31. The molecule has 0 saturated heterocycles. The third-order valence-corrected chi connectivity index (χ3v) is 37.1. The first kappa shape index (κ1) is 108. The van der Waals surface area contributed by atoms with Gasteiger partial charge in [-0.1, -0.05) is 88.8 Å². The molecule has 16 nitrogen and oxygen atoms in total. The van der Waals surface area contributed by atoms with Crippen molar-refractivity contribution in [3.8, 4) is 0 Å². The number of hydrogen-bond acceptors (Lipinski definition) is 16. The Hall–Kier alpha value is -0.465. The minimum absolute atomic E-state index is 0.614. The maximum atomic E-state index is 6.99. The summed E-state index contributed by atoms with van der Waals surface area (Å²) < 4.78 is 88.0. The predicted octanol–water partition coefficient (Wildman–Crippen LogP) is 17.7. The summed E-state index contributed by atoms with van der Waals surface area (Å²) in [7, 11) is 2.96. The van der Waals surface area contributed by atoms with Crippen molar-refractivity contribution in [2.45, 2.75) is 213 Å². The van der Waals surface area contributed by atoms with Gasteiger partial charge in [0.1, 0.15) is 0 Å². The molecule has 0 N–H and O–H groups in total. The lowest BCUT2D eigenvalue weighted by molar-refractivity contribution is 0.0703. The van der Waals surface area contributed by atoms with E-state index in [-0.39, 0.29) is 0 Å². The fraction of sp³-hybridized carbons (Fsp3) is 0.818. The van der Waals surface area contributed by atoms with E-state index >= 15 is 0 Å². The number of hydrogen-bond donors (Lipinski definition) is 0. The Balaban J connectivity index is -0.000000137. The van der Waals surface area contributed by atoms with Crippen molar-refractivity contribution in [2.75, 3.05) is 143 Å². The molecule has 0 heterocycles. The first-order chi connectivity index (χ1) is 42.4. The van der Waals surface area contributed by atoms with Crippen LogP contribution in [0.5, 0.6) is 0 Å². The van der Waals surface area contributed by atoms with Crippen LogP contribution in [0.2, 0.25) is 121 Å². The van der Waals surface area contributed by atoms with E-state index in [4.69, 9.17) is 72.4 Å². The number of rotatable bonds is 49. The van der Waals surface area contributed by atoms with Crippen molar-refractivity contribution >= 4 is 68.7 Å². The molecule has 0 saturated carbocycles. The van der Waals surface area contributed by atoms with Crippen molar-refractivity contribution in [1.29, 1.82) is 0 Å². The lowest BCUT2D eigenvalue weighted by Crippen LogP contribution is -2.56. The maximum Gasteiger partial charge on any atom is 0.325 e. The summed E-state index contributed by atoms with van der Waals surface area (Å²) in [6, 6.07) is 6.59. The molecular weight excluding hydrogens is 1270 g/mol. The molecule has 0 radical (unpaired) electrons. The molecule has 90 heavy (non-hydrogen) atoms. The monoisotopic (exact) mass is 1430 g/mol. The standard InChI is InChI=1S/C23H56O6Si4.C13H32O4Si2.2C6H12O2.C6H10.2C3H10OSi.2C3H6/c1-11-20-32(9,26-4)29-33(10,23-16-17-27-19-18-24-2)28-31(7,8)22-15-13-12-14-21-30(5,6)25-3;1-7-12-19(6,15-3)17-18(4,5)13-8-9-16-11-10-14-2;2*1-3-4-8-6-5-7-2;1-3-5-6-4-2;2*1-4-5(2)3;2*1-3-2/h11-23H2,1-10H3;7-13H2,1-6H3;2*3H,1,4-6H2,2H3;3-4H,1-2,5-6H2;2*5H,1-3H3;2*3H,1H2,2H3. The zero-order valence-corrected chi connectivity index (χ0v) is 72.5. The summed E-state index contributed by atoms with van der Waals surface area (Å²) in [5.74, 6) is 0. The van der Waals surface area contributed by atoms with Crippen molar-refractivity contribution in [3.63, 3.8) is 0 Å². The number of ether oxygens (including phenoxy) is 8. The average Bonchev–Trinajstić information content (AvgIpc) is 1.40. The Morgan fingerprint density at radius 3 is 0.889 bits per heavy atom. The second-order valence-corrected chi connectivity index (χ2v) is 52.9. The van der Waals surface area contributed by atoms with Gasteiger partial charge in [0.2, 0.25) is 0 Å². The van der Waals surface area contributed by atoms with Gasteiger partial charge in [-0.25, -0.2) is 0 Å². The van der Waals surface area contributed by atoms with Crippen LogP contribution >= 0.6 is 0 Å². The third kappa shape index (κ3) is 101. The number of unbranched alkanes of at least 4 members (excludes halogenated alkanes) is 4. The van der Waals surface area contributed by atoms with Gasteiger partial charge in [0.15, 0.2) is 43.0 Å². The van der Waals surface area contributed by atoms with Gasteiger partial charge in [-0.3, -0.25) is 0 Å². The van der Waals surface area contributed by atoms with Crippen molar-refractivity contribution in [1.82, 2.24) is 0 Å². The van der Waals surface area contributed by atoms with Crippen LogP contribution in [0.1, 0.15) is 91.9 Å². The van der Waals surface area contributed by atoms with Gasteiger partial charge >= 0.3 is 25.7 Å². The minimum Gasteiger partial charge on any atom is -0.436 e. The van der Waals surface area contributed by atoms with Crippen LogP contribution in [0.3, 0.4) is 0 Å². The normalized spacial score (nSPS) is 12.8. The summed E-state index contributed by atoms with van der Waals surface area (Å²) in [6.45, 7) is 66.1. The molecule has 0 aromatic heterocycles. The van der Waals surface area contributed by atoms with Crippen LogP contribution in [-0.2, 0) is 72.4 Å². The van der Waals surface area contributed by atoms with Crippen molar-refractivity contribution in [3.05, 3.63) is 75.9 Å². The summed E-state index contributed by atoms with van der Waals surface area (Å²) >= 11 is 0. The molecule has 0 amide bonds. The van der Waals surface area contributed by atoms with Crippen LogP contribution < -0.4 is 0 Å². The molecule has 0 aromatic carbocycles. The fourth-order valence-electron chi connectivity index (χ4n) is 7.14. The molecule has 3 unspecified atom stereocenters. The Bertz CT molecular complexity index is 1430. The molecular formula is C66H154O16Si8. The highest BCUT2D eigenvalue weighted by Gasteiger charge is 2.45. The van der Waals surface area contributed by atoms with Gasteiger partial charge < -0.3 is 72.4 Å². The van der Waals surface area contributed by atoms with Crippen LogP contribution in [0, 0.1) is 0 Å². The van der Waals surface area contributed by atoms with Gasteiger partial charge in [-0.05, 0) is 161 Å². The Labute approximate surface area is 570 Å². The zero-order valence-electron chi connectivity index (χ0n) is 64.2. The van der Waals surface area contributed by atoms with E-state index in [2.05, 4.69) is 138 Å². The highest BCUT2D eigenvalue weighted by molar-refractivity contribution is 6.87. The fourth-order valence-corrected chi connectivity index (χ4v) is 30.2. The summed E-state index contributed by atoms with van der Waals surface area (Å²) in [5.41, 5.74) is 0. The lowest BCUT2D eigenvalue weighted by atomic mass is 10.2. The van der Waals surface area contributed by atoms with Gasteiger partial charge in [0.05, 0.1) is 66.1 Å². The Morgan fingerprint density at radius 2 is 0.611 bits per heavy atom. The number of allylic oxidation sites excluding steroid dienone is 4. The topological polar surface area (TPSA) is 148 Å². The first-order valence-corrected chi connectivity index (χ1v) is 55.5. The maximum absolute atomic E-state index is 6.99. The summed E-state index contributed by atoms with van der Waals surface area (Å²) in [6.07, 6.45) is 22.1. The van der Waals surface area contributed by atoms with Gasteiger partial charge in [0, 0.05) is 77.2 Å². The first-order valence-electron chi connectivity index (χ1n) is 33.0. The van der Waals surface area contributed by atoms with Crippen LogP contribution in [-0.4, -0.2) is 212 Å². The second kappa shape index (κ2) is 81.0. The van der Waals surface area contributed by atoms with E-state index in [1.807, 2.05) is 33.1 Å². The van der Waals surface area contributed by atoms with Crippen molar-refractivity contribution < 1.29 is 72.4 Å². The second-order valence-electron chi connectivity index (χ2n) is 23.7. The van der Waals surface area contributed by atoms with Crippen molar-refractivity contribution in [2.24, 2.45) is 0 Å². The predicted molar refractivity (Wildman–Crippen MR) is 413 cm³/mol. The molecule has 546 valence electrons. The average molecular weight is 1430 g/mol. The van der Waals surface area contributed by atoms with Gasteiger partial charge in [-0.15, -0.1) is 39.5 Å². The molecule has 24 heteroatoms. The van der Waals surface area contributed by atoms with Crippen LogP contribution in [0.25, 0.3) is 0 Å². The van der Waals surface area contributed by atoms with Crippen LogP contribution in [0.4, 0.5) is 0 Å². The molecule has 0 aliphatic carbocycles. The molecule has 0 aliphatic rings.